The van der Waals surface area contributed by atoms with Crippen molar-refractivity contribution in [1.82, 2.24) is 0 Å². The van der Waals surface area contributed by atoms with Crippen LogP contribution in [0.5, 0.6) is 0 Å². The summed E-state index contributed by atoms with van der Waals surface area (Å²) in [5.74, 6) is 0. The lowest BCUT2D eigenvalue weighted by Gasteiger charge is -2.64. The van der Waals surface area contributed by atoms with Gasteiger partial charge in [-0.3, -0.25) is 0 Å². The van der Waals surface area contributed by atoms with Crippen molar-refractivity contribution < 1.29 is 0 Å². The molecule has 0 saturated carbocycles. The SMILES string of the molecule is CC(C)(C)[Si](Br)(C(C)(C)C)[Si](Br)(C(C)(C)C)C(C)(C)C. The van der Waals surface area contributed by atoms with Crippen molar-refractivity contribution in [2.75, 3.05) is 0 Å². The molecule has 0 rings (SSSR count). The van der Waals surface area contributed by atoms with E-state index in [2.05, 4.69) is 114 Å². The van der Waals surface area contributed by atoms with Gasteiger partial charge in [0.25, 0.3) is 0 Å². The highest BCUT2D eigenvalue weighted by Crippen LogP contribution is 2.71. The maximum Gasteiger partial charge on any atom is 0.146 e. The van der Waals surface area contributed by atoms with E-state index in [0.29, 0.717) is 20.2 Å². The normalized spacial score (nSPS) is 16.5. The maximum atomic E-state index is 4.47. The molecule has 0 fully saturated rings. The molecule has 0 aliphatic heterocycles. The highest BCUT2D eigenvalue weighted by molar-refractivity contribution is 9.37. The van der Waals surface area contributed by atoms with Crippen molar-refractivity contribution in [2.45, 2.75) is 103 Å². The monoisotopic (exact) mass is 442 g/mol. The molecule has 0 aromatic rings. The van der Waals surface area contributed by atoms with E-state index in [1.165, 1.54) is 0 Å². The van der Waals surface area contributed by atoms with Crippen LogP contribution in [0.4, 0.5) is 0 Å². The molecule has 0 nitrogen and oxygen atoms in total. The number of halogens is 2. The zero-order valence-corrected chi connectivity index (χ0v) is 20.9. The van der Waals surface area contributed by atoms with Gasteiger partial charge in [-0.2, -0.15) is 0 Å². The van der Waals surface area contributed by atoms with Gasteiger partial charge in [-0.05, 0) is 20.2 Å². The molecule has 0 aliphatic carbocycles. The molecule has 0 spiro atoms. The van der Waals surface area contributed by atoms with E-state index in [0.717, 1.165) is 0 Å². The number of hydrogen-bond donors (Lipinski definition) is 0. The predicted octanol–water partition coefficient (Wildman–Crippen LogP) is 7.95. The second-order valence-electron chi connectivity index (χ2n) is 10.3. The fourth-order valence-corrected chi connectivity index (χ4v) is 46.8. The standard InChI is InChI=1S/C16H36Br2Si2/c1-13(2,3)19(17,14(4,5)6)20(18,15(7,8)9)16(10,11)12/h1-12H3. The third-order valence-corrected chi connectivity index (χ3v) is 55.4. The topological polar surface area (TPSA) is 0 Å². The van der Waals surface area contributed by atoms with Crippen LogP contribution in [0.2, 0.25) is 20.2 Å². The fourth-order valence-electron chi connectivity index (χ4n) is 4.32. The molecular formula is C16H36Br2Si2. The Labute approximate surface area is 145 Å². The Morgan fingerprint density at radius 2 is 0.500 bits per heavy atom. The summed E-state index contributed by atoms with van der Waals surface area (Å²) in [4.78, 5) is 0. The summed E-state index contributed by atoms with van der Waals surface area (Å²) in [7, 11) is 0. The smallest absolute Gasteiger partial charge is 0.127 e. The van der Waals surface area contributed by atoms with Gasteiger partial charge < -0.3 is 0 Å². The Bertz CT molecular complexity index is 285. The minimum absolute atomic E-state index is 0.307. The minimum atomic E-state index is -1.81. The van der Waals surface area contributed by atoms with E-state index in [4.69, 9.17) is 0 Å². The molecule has 0 amide bonds. The van der Waals surface area contributed by atoms with Crippen molar-refractivity contribution in [2.24, 2.45) is 0 Å². The van der Waals surface area contributed by atoms with E-state index in [9.17, 15) is 0 Å². The first kappa shape index (κ1) is 21.4. The molecule has 0 aliphatic rings. The van der Waals surface area contributed by atoms with E-state index >= 15 is 0 Å². The lowest BCUT2D eigenvalue weighted by Crippen LogP contribution is -2.72. The van der Waals surface area contributed by atoms with Gasteiger partial charge in [0.15, 0.2) is 0 Å². The summed E-state index contributed by atoms with van der Waals surface area (Å²) in [6.07, 6.45) is -3.62. The Morgan fingerprint density at radius 3 is 0.550 bits per heavy atom. The third kappa shape index (κ3) is 3.05. The molecule has 0 heterocycles. The number of rotatable bonds is 1. The summed E-state index contributed by atoms with van der Waals surface area (Å²) >= 11 is 8.95. The summed E-state index contributed by atoms with van der Waals surface area (Å²) in [5.41, 5.74) is 0. The van der Waals surface area contributed by atoms with Gasteiger partial charge in [0.1, 0.15) is 12.4 Å². The number of hydrogen-bond acceptors (Lipinski definition) is 0. The quantitative estimate of drug-likeness (QED) is 0.284. The predicted molar refractivity (Wildman–Crippen MR) is 108 cm³/mol. The van der Waals surface area contributed by atoms with Gasteiger partial charge in [0, 0.05) is 0 Å². The molecule has 0 aromatic carbocycles. The van der Waals surface area contributed by atoms with Gasteiger partial charge >= 0.3 is 0 Å². The molecular weight excluding hydrogens is 408 g/mol. The van der Waals surface area contributed by atoms with E-state index in [-0.39, 0.29) is 0 Å². The molecule has 20 heavy (non-hydrogen) atoms. The first-order valence-electron chi connectivity index (χ1n) is 7.63. The Kier molecular flexibility index (Phi) is 5.87. The summed E-state index contributed by atoms with van der Waals surface area (Å²) in [5, 5.41) is 1.23. The second kappa shape index (κ2) is 5.49. The van der Waals surface area contributed by atoms with E-state index < -0.39 is 12.4 Å². The molecule has 0 aromatic heterocycles. The zero-order chi connectivity index (χ0) is 17.0. The van der Waals surface area contributed by atoms with Gasteiger partial charge in [0.2, 0.25) is 0 Å². The lowest BCUT2D eigenvalue weighted by atomic mass is 10.2. The van der Waals surface area contributed by atoms with E-state index in [1.807, 2.05) is 0 Å². The van der Waals surface area contributed by atoms with Crippen molar-refractivity contribution in [3.05, 3.63) is 0 Å². The molecule has 122 valence electrons. The van der Waals surface area contributed by atoms with Crippen LogP contribution in [0.15, 0.2) is 0 Å². The second-order valence-corrected chi connectivity index (χ2v) is 35.0. The third-order valence-electron chi connectivity index (χ3n) is 4.61. The first-order chi connectivity index (χ1) is 8.25. The van der Waals surface area contributed by atoms with Crippen molar-refractivity contribution >= 4 is 43.0 Å². The van der Waals surface area contributed by atoms with Crippen molar-refractivity contribution in [1.29, 1.82) is 0 Å². The van der Waals surface area contributed by atoms with Crippen molar-refractivity contribution in [3.8, 4) is 0 Å². The molecule has 0 radical (unpaired) electrons. The van der Waals surface area contributed by atoms with Crippen LogP contribution in [0.3, 0.4) is 0 Å². The van der Waals surface area contributed by atoms with Crippen LogP contribution in [0.1, 0.15) is 83.1 Å². The van der Waals surface area contributed by atoms with Crippen LogP contribution in [-0.4, -0.2) is 12.4 Å². The van der Waals surface area contributed by atoms with Crippen LogP contribution in [0.25, 0.3) is 0 Å². The zero-order valence-electron chi connectivity index (χ0n) is 15.8. The molecule has 0 atom stereocenters. The van der Waals surface area contributed by atoms with Crippen LogP contribution in [0, 0.1) is 0 Å². The van der Waals surface area contributed by atoms with Crippen LogP contribution in [-0.2, 0) is 0 Å². The largest absolute Gasteiger partial charge is 0.146 e. The van der Waals surface area contributed by atoms with Gasteiger partial charge in [-0.1, -0.05) is 83.1 Å². The summed E-state index contributed by atoms with van der Waals surface area (Å²) in [6, 6.07) is 0. The maximum absolute atomic E-state index is 4.47. The van der Waals surface area contributed by atoms with Crippen LogP contribution < -0.4 is 0 Å². The van der Waals surface area contributed by atoms with Gasteiger partial charge in [0.05, 0.1) is 0 Å². The van der Waals surface area contributed by atoms with Crippen molar-refractivity contribution in [3.63, 3.8) is 0 Å². The van der Waals surface area contributed by atoms with Crippen LogP contribution >= 0.6 is 30.6 Å². The average Bonchev–Trinajstić information content (AvgIpc) is 2.07. The lowest BCUT2D eigenvalue weighted by molar-refractivity contribution is 0.612. The highest BCUT2D eigenvalue weighted by atomic mass is 79.9. The Morgan fingerprint density at radius 1 is 0.400 bits per heavy atom. The molecule has 0 bridgehead atoms. The fraction of sp³-hybridized carbons (Fsp3) is 1.00. The molecule has 0 saturated heterocycles. The molecule has 4 heteroatoms. The van der Waals surface area contributed by atoms with Gasteiger partial charge in [-0.15, -0.1) is 30.6 Å². The molecule has 0 unspecified atom stereocenters. The van der Waals surface area contributed by atoms with E-state index in [1.54, 1.807) is 0 Å². The molecule has 0 N–H and O–H groups in total. The Balaban J connectivity index is 6.71. The highest BCUT2D eigenvalue weighted by Gasteiger charge is 2.72. The first-order valence-corrected chi connectivity index (χ1v) is 17.1. The average molecular weight is 444 g/mol. The Hall–Kier alpha value is 1.39. The summed E-state index contributed by atoms with van der Waals surface area (Å²) in [6.45, 7) is 29.3. The van der Waals surface area contributed by atoms with Gasteiger partial charge in [-0.25, -0.2) is 0 Å². The minimum Gasteiger partial charge on any atom is -0.127 e. The summed E-state index contributed by atoms with van der Waals surface area (Å²) < 4.78 is 0.